The molecule has 5 aliphatic rings. The summed E-state index contributed by atoms with van der Waals surface area (Å²) in [7, 11) is 0. The van der Waals surface area contributed by atoms with Gasteiger partial charge in [0.2, 0.25) is 11.8 Å². The zero-order valence-corrected chi connectivity index (χ0v) is 20.2. The van der Waals surface area contributed by atoms with E-state index in [1.807, 2.05) is 6.07 Å². The average molecular weight is 469 g/mol. The molecular weight excluding hydrogens is 432 g/mol. The second-order valence-electron chi connectivity index (χ2n) is 10.8. The van der Waals surface area contributed by atoms with Crippen LogP contribution in [0.1, 0.15) is 76.0 Å². The van der Waals surface area contributed by atoms with Crippen LogP contribution in [0, 0.1) is 5.92 Å². The van der Waals surface area contributed by atoms with Gasteiger partial charge in [0, 0.05) is 43.4 Å². The number of nitrogens with zero attached hydrogens (tertiary/aromatic N) is 2. The molecule has 4 atom stereocenters. The number of carbonyl (C=O) groups is 2. The Hall–Kier alpha value is -2.61. The van der Waals surface area contributed by atoms with Gasteiger partial charge in [0.05, 0.1) is 18.7 Å². The highest BCUT2D eigenvalue weighted by Crippen LogP contribution is 2.40. The largest absolute Gasteiger partial charge is 0.487 e. The minimum atomic E-state index is -0.371. The number of fused-ring (bicyclic) bond motifs is 6. The molecule has 4 unspecified atom stereocenters. The van der Waals surface area contributed by atoms with E-state index in [0.29, 0.717) is 38.4 Å². The average Bonchev–Trinajstić information content (AvgIpc) is 2.76. The third kappa shape index (κ3) is 4.78. The summed E-state index contributed by atoms with van der Waals surface area (Å²) in [6, 6.07) is 6.01. The van der Waals surface area contributed by atoms with E-state index >= 15 is 0 Å². The highest BCUT2D eigenvalue weighted by Gasteiger charge is 2.40. The highest BCUT2D eigenvalue weighted by atomic mass is 16.5. The molecule has 34 heavy (non-hydrogen) atoms. The first kappa shape index (κ1) is 23.1. The number of rotatable bonds is 0. The quantitative estimate of drug-likeness (QED) is 0.609. The summed E-state index contributed by atoms with van der Waals surface area (Å²) in [6.45, 7) is 5.09. The van der Waals surface area contributed by atoms with Crippen LogP contribution in [0.5, 0.6) is 5.75 Å². The Morgan fingerprint density at radius 2 is 2.03 bits per heavy atom. The molecule has 6 rings (SSSR count). The first-order valence-electron chi connectivity index (χ1n) is 12.6. The van der Waals surface area contributed by atoms with Gasteiger partial charge < -0.3 is 20.5 Å². The maximum absolute atomic E-state index is 13.3. The molecule has 0 saturated carbocycles. The van der Waals surface area contributed by atoms with Crippen LogP contribution in [-0.2, 0) is 20.7 Å². The number of guanidine groups is 1. The first-order chi connectivity index (χ1) is 16.3. The number of nitrogens with two attached hydrogens (primary N) is 1. The lowest BCUT2D eigenvalue weighted by atomic mass is 9.87. The molecule has 4 bridgehead atoms. The molecule has 0 aromatic heterocycles. The van der Waals surface area contributed by atoms with Gasteiger partial charge in [0.25, 0.3) is 0 Å². The number of amides is 2. The van der Waals surface area contributed by atoms with Crippen molar-refractivity contribution in [2.24, 2.45) is 16.6 Å². The zero-order valence-electron chi connectivity index (χ0n) is 20.2. The fourth-order valence-electron chi connectivity index (χ4n) is 5.95. The summed E-state index contributed by atoms with van der Waals surface area (Å²) in [6.07, 6.45) is 5.78. The number of carbonyl (C=O) groups excluding carboxylic acids is 2. The van der Waals surface area contributed by atoms with Gasteiger partial charge >= 0.3 is 0 Å². The minimum absolute atomic E-state index is 0.0154. The van der Waals surface area contributed by atoms with E-state index in [4.69, 9.17) is 15.2 Å². The summed E-state index contributed by atoms with van der Waals surface area (Å²) in [5.74, 6) is 0.990. The molecule has 1 saturated heterocycles. The van der Waals surface area contributed by atoms with E-state index in [1.54, 1.807) is 4.90 Å². The number of nitrogens with one attached hydrogen (secondary N) is 1. The van der Waals surface area contributed by atoms with Crippen molar-refractivity contribution in [3.63, 3.8) is 0 Å². The molecular formula is C26H36N4O4. The summed E-state index contributed by atoms with van der Waals surface area (Å²) < 4.78 is 12.0. The summed E-state index contributed by atoms with van der Waals surface area (Å²) in [5.41, 5.74) is 8.24. The summed E-state index contributed by atoms with van der Waals surface area (Å²) in [5, 5.41) is 3.28. The molecule has 8 nitrogen and oxygen atoms in total. The number of ether oxygens (including phenoxy) is 2. The van der Waals surface area contributed by atoms with Gasteiger partial charge in [-0.05, 0) is 51.2 Å². The van der Waals surface area contributed by atoms with Crippen LogP contribution in [-0.4, -0.2) is 53.6 Å². The van der Waals surface area contributed by atoms with Crippen LogP contribution >= 0.6 is 0 Å². The third-order valence-electron chi connectivity index (χ3n) is 7.57. The molecule has 1 aromatic rings. The SMILES string of the molecule is CC1(C)CC2NC(=O)CC3COCCC3N3C(=O)CC(CCCCc4ccc(c2c4)O1)N=C3N. The monoisotopic (exact) mass is 468 g/mol. The molecule has 0 spiro atoms. The summed E-state index contributed by atoms with van der Waals surface area (Å²) in [4.78, 5) is 32.7. The number of hydrogen-bond acceptors (Lipinski definition) is 6. The van der Waals surface area contributed by atoms with Gasteiger partial charge in [-0.3, -0.25) is 14.5 Å². The van der Waals surface area contributed by atoms with Gasteiger partial charge in [0.1, 0.15) is 11.4 Å². The van der Waals surface area contributed by atoms with Gasteiger partial charge in [-0.15, -0.1) is 0 Å². The predicted octanol–water partition coefficient (Wildman–Crippen LogP) is 2.84. The Labute approximate surface area is 201 Å². The van der Waals surface area contributed by atoms with E-state index in [2.05, 4.69) is 36.3 Å². The lowest BCUT2D eigenvalue weighted by Crippen LogP contribution is -2.57. The second-order valence-corrected chi connectivity index (χ2v) is 10.8. The molecule has 2 amide bonds. The fourth-order valence-corrected chi connectivity index (χ4v) is 5.95. The molecule has 0 radical (unpaired) electrons. The molecule has 0 aliphatic carbocycles. The van der Waals surface area contributed by atoms with Crippen molar-refractivity contribution in [2.45, 2.75) is 88.9 Å². The highest BCUT2D eigenvalue weighted by molar-refractivity contribution is 5.99. The number of benzene rings is 1. The van der Waals surface area contributed by atoms with E-state index < -0.39 is 0 Å². The van der Waals surface area contributed by atoms with E-state index in [1.165, 1.54) is 5.56 Å². The fraction of sp³-hybridized carbons (Fsp3) is 0.654. The van der Waals surface area contributed by atoms with Crippen molar-refractivity contribution < 1.29 is 19.1 Å². The maximum Gasteiger partial charge on any atom is 0.231 e. The molecule has 5 aliphatic heterocycles. The lowest BCUT2D eigenvalue weighted by molar-refractivity contribution is -0.135. The first-order valence-corrected chi connectivity index (χ1v) is 12.6. The molecule has 3 N–H and O–H groups in total. The van der Waals surface area contributed by atoms with Crippen LogP contribution in [0.15, 0.2) is 23.2 Å². The Balaban J connectivity index is 1.46. The number of hydrogen-bond donors (Lipinski definition) is 2. The molecule has 184 valence electrons. The lowest BCUT2D eigenvalue weighted by Gasteiger charge is -2.41. The van der Waals surface area contributed by atoms with Gasteiger partial charge in [-0.25, -0.2) is 4.99 Å². The summed E-state index contributed by atoms with van der Waals surface area (Å²) >= 11 is 0. The minimum Gasteiger partial charge on any atom is -0.487 e. The molecule has 1 fully saturated rings. The van der Waals surface area contributed by atoms with Crippen molar-refractivity contribution in [1.29, 1.82) is 0 Å². The van der Waals surface area contributed by atoms with Gasteiger partial charge in [0.15, 0.2) is 5.96 Å². The van der Waals surface area contributed by atoms with Crippen molar-refractivity contribution in [1.82, 2.24) is 10.2 Å². The Morgan fingerprint density at radius 3 is 2.85 bits per heavy atom. The third-order valence-corrected chi connectivity index (χ3v) is 7.57. The van der Waals surface area contributed by atoms with Crippen LogP contribution in [0.4, 0.5) is 0 Å². The maximum atomic E-state index is 13.3. The topological polar surface area (TPSA) is 106 Å². The molecule has 8 heteroatoms. The molecule has 1 aromatic carbocycles. The normalized spacial score (nSPS) is 31.6. The van der Waals surface area contributed by atoms with E-state index in [0.717, 1.165) is 37.0 Å². The van der Waals surface area contributed by atoms with Gasteiger partial charge in [-0.1, -0.05) is 18.6 Å². The second kappa shape index (κ2) is 9.21. The van der Waals surface area contributed by atoms with E-state index in [9.17, 15) is 9.59 Å². The standard InChI is InChI=1S/C26H36N4O4/c1-26(2)14-20-19-11-16(7-8-22(19)34-26)5-3-4-6-18-13-24(32)30(25(27)28-18)21-9-10-33-15-17(21)12-23(31)29-20/h7-8,11,17-18,20-21H,3-6,9-10,12-15H2,1-2H3,(H2,27,28)(H,29,31). The smallest absolute Gasteiger partial charge is 0.231 e. The Kier molecular flexibility index (Phi) is 6.27. The number of aliphatic imine (C=N–C) groups is 1. The van der Waals surface area contributed by atoms with E-state index in [-0.39, 0.29) is 47.9 Å². The van der Waals surface area contributed by atoms with Crippen LogP contribution in [0.2, 0.25) is 0 Å². The number of aryl methyl sites for hydroxylation is 1. The Morgan fingerprint density at radius 1 is 1.18 bits per heavy atom. The van der Waals surface area contributed by atoms with Crippen molar-refractivity contribution in [3.8, 4) is 5.75 Å². The van der Waals surface area contributed by atoms with Crippen molar-refractivity contribution in [2.75, 3.05) is 13.2 Å². The molecule has 5 heterocycles. The van der Waals surface area contributed by atoms with Crippen LogP contribution in [0.3, 0.4) is 0 Å². The van der Waals surface area contributed by atoms with Crippen LogP contribution in [0.25, 0.3) is 0 Å². The van der Waals surface area contributed by atoms with Crippen molar-refractivity contribution in [3.05, 3.63) is 29.3 Å². The zero-order chi connectivity index (χ0) is 23.9. The van der Waals surface area contributed by atoms with Crippen molar-refractivity contribution >= 4 is 17.8 Å². The van der Waals surface area contributed by atoms with Crippen LogP contribution < -0.4 is 15.8 Å². The van der Waals surface area contributed by atoms with Gasteiger partial charge in [-0.2, -0.15) is 0 Å². The Bertz CT molecular complexity index is 991. The predicted molar refractivity (Wildman–Crippen MR) is 128 cm³/mol.